The van der Waals surface area contributed by atoms with E-state index >= 15 is 0 Å². The Labute approximate surface area is 217 Å². The first-order valence-electron chi connectivity index (χ1n) is 12.2. The molecule has 0 radical (unpaired) electrons. The van der Waals surface area contributed by atoms with E-state index in [4.69, 9.17) is 16.3 Å². The van der Waals surface area contributed by atoms with E-state index in [1.807, 2.05) is 39.8 Å². The van der Waals surface area contributed by atoms with E-state index in [1.165, 1.54) is 20.1 Å². The average Bonchev–Trinajstić information content (AvgIpc) is 2.89. The summed E-state index contributed by atoms with van der Waals surface area (Å²) in [5.74, 6) is -1.53. The van der Waals surface area contributed by atoms with Crippen LogP contribution in [-0.4, -0.2) is 17.1 Å². The third-order valence-electron chi connectivity index (χ3n) is 5.93. The second-order valence-corrected chi connectivity index (χ2v) is 8.30. The lowest BCUT2D eigenvalue weighted by Crippen LogP contribution is -2.33. The van der Waals surface area contributed by atoms with Gasteiger partial charge >= 0.3 is 0 Å². The van der Waals surface area contributed by atoms with Gasteiger partial charge in [-0.25, -0.2) is 8.78 Å². The molecular formula is C28H33ClF2N4O. The predicted molar refractivity (Wildman–Crippen MR) is 141 cm³/mol. The number of benzene rings is 1. The molecule has 1 aromatic carbocycles. The molecule has 192 valence electrons. The molecule has 8 heteroatoms. The second-order valence-electron chi connectivity index (χ2n) is 7.89. The van der Waals surface area contributed by atoms with Crippen LogP contribution in [-0.2, 0) is 12.0 Å². The Morgan fingerprint density at radius 3 is 2.28 bits per heavy atom. The fourth-order valence-electron chi connectivity index (χ4n) is 3.76. The van der Waals surface area contributed by atoms with Crippen molar-refractivity contribution in [3.05, 3.63) is 70.1 Å². The summed E-state index contributed by atoms with van der Waals surface area (Å²) in [6.07, 6.45) is 5.94. The minimum atomic E-state index is -0.802. The summed E-state index contributed by atoms with van der Waals surface area (Å²) in [5.41, 5.74) is 2.26. The lowest BCUT2D eigenvalue weighted by atomic mass is 9.67. The van der Waals surface area contributed by atoms with Gasteiger partial charge in [0.05, 0.1) is 30.0 Å². The summed E-state index contributed by atoms with van der Waals surface area (Å²) in [5, 5.41) is 12.6. The third kappa shape index (κ3) is 5.93. The van der Waals surface area contributed by atoms with Crippen LogP contribution in [0.3, 0.4) is 0 Å². The molecule has 0 amide bonds. The third-order valence-corrected chi connectivity index (χ3v) is 6.28. The number of pyridine rings is 2. The highest BCUT2D eigenvalue weighted by Crippen LogP contribution is 2.42. The Hall–Kier alpha value is -3.24. The molecule has 1 fully saturated rings. The molecular weight excluding hydrogens is 482 g/mol. The van der Waals surface area contributed by atoms with Gasteiger partial charge in [-0.15, -0.1) is 0 Å². The van der Waals surface area contributed by atoms with Crippen LogP contribution in [0, 0.1) is 29.9 Å². The van der Waals surface area contributed by atoms with Crippen LogP contribution in [0.25, 0.3) is 11.3 Å². The summed E-state index contributed by atoms with van der Waals surface area (Å²) in [7, 11) is 1.33. The van der Waals surface area contributed by atoms with Gasteiger partial charge in [-0.3, -0.25) is 9.97 Å². The molecule has 5 nitrogen and oxygen atoms in total. The number of nitriles is 1. The van der Waals surface area contributed by atoms with Crippen LogP contribution in [0.15, 0.2) is 36.7 Å². The van der Waals surface area contributed by atoms with Gasteiger partial charge in [0, 0.05) is 35.1 Å². The van der Waals surface area contributed by atoms with Crippen LogP contribution in [0.5, 0.6) is 5.75 Å². The standard InChI is InChI=1S/C24H21ClF2N4O.2C2H6/c1-14-8-19(32-2)22(27)23(21(14)26)31-12-16-11-29-18(9-17(16)25)15-4-5-20(30-10-15)24(13-28)6-3-7-24;2*1-2/h4-5,8-11,31H,3,6-7,12H2,1-2H3;2*1-2H3. The monoisotopic (exact) mass is 514 g/mol. The van der Waals surface area contributed by atoms with Crippen LogP contribution in [0.1, 0.15) is 63.8 Å². The Morgan fingerprint density at radius 1 is 1.08 bits per heavy atom. The number of hydrogen-bond donors (Lipinski definition) is 1. The molecule has 2 aromatic heterocycles. The van der Waals surface area contributed by atoms with E-state index in [0.717, 1.165) is 30.5 Å². The van der Waals surface area contributed by atoms with Gasteiger partial charge in [0.25, 0.3) is 0 Å². The topological polar surface area (TPSA) is 70.8 Å². The summed E-state index contributed by atoms with van der Waals surface area (Å²) >= 11 is 6.42. The number of nitrogens with one attached hydrogen (secondary N) is 1. The van der Waals surface area contributed by atoms with Crippen molar-refractivity contribution in [2.24, 2.45) is 0 Å². The van der Waals surface area contributed by atoms with Crippen molar-refractivity contribution in [3.8, 4) is 23.1 Å². The highest BCUT2D eigenvalue weighted by molar-refractivity contribution is 6.31. The van der Waals surface area contributed by atoms with Gasteiger partial charge in [-0.1, -0.05) is 39.3 Å². The largest absolute Gasteiger partial charge is 0.494 e. The molecule has 0 unspecified atom stereocenters. The number of nitrogens with zero attached hydrogens (tertiary/aromatic N) is 3. The van der Waals surface area contributed by atoms with E-state index in [2.05, 4.69) is 21.4 Å². The highest BCUT2D eigenvalue weighted by Gasteiger charge is 2.40. The summed E-state index contributed by atoms with van der Waals surface area (Å²) in [6, 6.07) is 9.11. The van der Waals surface area contributed by atoms with Crippen molar-refractivity contribution in [2.75, 3.05) is 12.4 Å². The number of hydrogen-bond acceptors (Lipinski definition) is 5. The second kappa shape index (κ2) is 13.2. The first-order chi connectivity index (χ1) is 17.4. The normalized spacial score (nSPS) is 13.1. The maximum Gasteiger partial charge on any atom is 0.191 e. The molecule has 0 aliphatic heterocycles. The lowest BCUT2D eigenvalue weighted by molar-refractivity contribution is 0.316. The van der Waals surface area contributed by atoms with E-state index in [0.29, 0.717) is 16.3 Å². The van der Waals surface area contributed by atoms with E-state index < -0.39 is 17.0 Å². The SMILES string of the molecule is CC.CC.COc1cc(C)c(F)c(NCc2cnc(-c3ccc(C4(C#N)CCC4)nc3)cc2Cl)c1F. The fraction of sp³-hybridized carbons (Fsp3) is 0.393. The van der Waals surface area contributed by atoms with Gasteiger partial charge in [0.15, 0.2) is 17.4 Å². The van der Waals surface area contributed by atoms with Gasteiger partial charge in [-0.05, 0) is 56.0 Å². The predicted octanol–water partition coefficient (Wildman–Crippen LogP) is 8.00. The van der Waals surface area contributed by atoms with Crippen LogP contribution < -0.4 is 10.1 Å². The van der Waals surface area contributed by atoms with Crippen molar-refractivity contribution in [3.63, 3.8) is 0 Å². The fourth-order valence-corrected chi connectivity index (χ4v) is 3.98. The van der Waals surface area contributed by atoms with Gasteiger partial charge in [0.1, 0.15) is 5.69 Å². The summed E-state index contributed by atoms with van der Waals surface area (Å²) in [4.78, 5) is 8.90. The zero-order chi connectivity index (χ0) is 26.9. The van der Waals surface area contributed by atoms with Crippen LogP contribution in [0.2, 0.25) is 5.02 Å². The molecule has 1 N–H and O–H groups in total. The number of rotatable bonds is 6. The van der Waals surface area contributed by atoms with E-state index in [1.54, 1.807) is 18.5 Å². The van der Waals surface area contributed by atoms with Crippen molar-refractivity contribution in [2.45, 2.75) is 65.8 Å². The summed E-state index contributed by atoms with van der Waals surface area (Å²) in [6.45, 7) is 9.61. The van der Waals surface area contributed by atoms with Crippen molar-refractivity contribution < 1.29 is 13.5 Å². The number of halogens is 3. The average molecular weight is 515 g/mol. The smallest absolute Gasteiger partial charge is 0.191 e. The summed E-state index contributed by atoms with van der Waals surface area (Å²) < 4.78 is 33.8. The zero-order valence-electron chi connectivity index (χ0n) is 21.7. The molecule has 2 heterocycles. The molecule has 1 aliphatic rings. The van der Waals surface area contributed by atoms with Gasteiger partial charge in [0.2, 0.25) is 0 Å². The minimum absolute atomic E-state index is 0.0398. The minimum Gasteiger partial charge on any atom is -0.494 e. The molecule has 4 rings (SSSR count). The number of methoxy groups -OCH3 is 1. The lowest BCUT2D eigenvalue weighted by Gasteiger charge is -2.34. The van der Waals surface area contributed by atoms with Crippen molar-refractivity contribution >= 4 is 17.3 Å². The Kier molecular flexibility index (Phi) is 10.6. The molecule has 0 saturated heterocycles. The molecule has 1 aliphatic carbocycles. The Balaban J connectivity index is 0.00000109. The molecule has 0 spiro atoms. The Morgan fingerprint density at radius 2 is 1.78 bits per heavy atom. The van der Waals surface area contributed by atoms with Gasteiger partial charge in [-0.2, -0.15) is 5.26 Å². The number of anilines is 1. The molecule has 1 saturated carbocycles. The quantitative estimate of drug-likeness (QED) is 0.360. The molecule has 0 atom stereocenters. The van der Waals surface area contributed by atoms with Crippen molar-refractivity contribution in [1.82, 2.24) is 9.97 Å². The van der Waals surface area contributed by atoms with Gasteiger partial charge < -0.3 is 10.1 Å². The van der Waals surface area contributed by atoms with E-state index in [-0.39, 0.29) is 23.5 Å². The number of aryl methyl sites for hydroxylation is 1. The van der Waals surface area contributed by atoms with Crippen molar-refractivity contribution in [1.29, 1.82) is 5.26 Å². The zero-order valence-corrected chi connectivity index (χ0v) is 22.4. The first-order valence-corrected chi connectivity index (χ1v) is 12.6. The van der Waals surface area contributed by atoms with E-state index in [9.17, 15) is 14.0 Å². The maximum absolute atomic E-state index is 14.5. The highest BCUT2D eigenvalue weighted by atomic mass is 35.5. The Bertz CT molecular complexity index is 1210. The number of ether oxygens (including phenoxy) is 1. The van der Waals surface area contributed by atoms with Crippen LogP contribution in [0.4, 0.5) is 14.5 Å². The number of aromatic nitrogens is 2. The maximum atomic E-state index is 14.5. The molecule has 3 aromatic rings. The molecule has 36 heavy (non-hydrogen) atoms. The van der Waals surface area contributed by atoms with Crippen LogP contribution >= 0.6 is 11.6 Å². The molecule has 0 bridgehead atoms. The first kappa shape index (κ1) is 29.0.